The van der Waals surface area contributed by atoms with Crippen molar-refractivity contribution in [3.8, 4) is 0 Å². The van der Waals surface area contributed by atoms with E-state index in [1.807, 2.05) is 35.2 Å². The predicted molar refractivity (Wildman–Crippen MR) is 83.2 cm³/mol. The van der Waals surface area contributed by atoms with E-state index in [0.29, 0.717) is 6.54 Å². The summed E-state index contributed by atoms with van der Waals surface area (Å²) in [6.45, 7) is 0.537. The van der Waals surface area contributed by atoms with Crippen LogP contribution in [0.25, 0.3) is 0 Å². The van der Waals surface area contributed by atoms with Crippen molar-refractivity contribution in [3.63, 3.8) is 0 Å². The van der Waals surface area contributed by atoms with Crippen molar-refractivity contribution in [2.75, 3.05) is 0 Å². The zero-order valence-electron chi connectivity index (χ0n) is 11.5. The summed E-state index contributed by atoms with van der Waals surface area (Å²) < 4.78 is 1.93. The number of aliphatic carboxylic acids is 1. The van der Waals surface area contributed by atoms with Gasteiger partial charge in [-0.25, -0.2) is 9.36 Å². The van der Waals surface area contributed by atoms with Gasteiger partial charge in [0.25, 0.3) is 0 Å². The van der Waals surface area contributed by atoms with Gasteiger partial charge in [-0.2, -0.15) is 0 Å². The number of carboxylic acids is 1. The number of nitrogens with two attached hydrogens (primary N) is 1. The summed E-state index contributed by atoms with van der Waals surface area (Å²) in [6, 6.07) is 5.15. The van der Waals surface area contributed by atoms with Crippen LogP contribution >= 0.6 is 24.2 Å². The maximum atomic E-state index is 11.6. The largest absolute Gasteiger partial charge is 0.478 e. The highest BCUT2D eigenvalue weighted by molar-refractivity contribution is 8.00. The first-order chi connectivity index (χ1) is 9.58. The zero-order chi connectivity index (χ0) is 14.3. The summed E-state index contributed by atoms with van der Waals surface area (Å²) >= 11 is 1.43. The Kier molecular flexibility index (Phi) is 5.95. The molecule has 1 unspecified atom stereocenters. The van der Waals surface area contributed by atoms with Crippen LogP contribution in [0.15, 0.2) is 42.4 Å². The molecule has 1 amide bonds. The normalized spacial score (nSPS) is 25.9. The van der Waals surface area contributed by atoms with Crippen LogP contribution in [0.2, 0.25) is 0 Å². The number of amides is 1. The molecule has 0 aromatic carbocycles. The molecule has 3 atom stereocenters. The number of carbonyl (C=O) groups is 2. The molecule has 3 heterocycles. The lowest BCUT2D eigenvalue weighted by molar-refractivity contribution is -0.695. The predicted octanol–water partition coefficient (Wildman–Crippen LogP) is -0.849. The first-order valence-electron chi connectivity index (χ1n) is 6.20. The van der Waals surface area contributed by atoms with E-state index in [-0.39, 0.29) is 40.0 Å². The van der Waals surface area contributed by atoms with Gasteiger partial charge < -0.3 is 21.2 Å². The van der Waals surface area contributed by atoms with Gasteiger partial charge in [0.2, 0.25) is 5.91 Å². The standard InChI is InChI=1S/C13H13N3O3S.ClH.H2O/c14-10-11(17)16-6-8(13(18)19)9(20-12(10)16)7-15-4-2-1-3-5-15;;/h1-6,9-10,12H,7,14H2;1H;1H2/p+1/t9?,10-,12-;;/m1../s1. The zero-order valence-corrected chi connectivity index (χ0v) is 13.1. The Balaban J connectivity index is 0.00000121. The average molecular weight is 347 g/mol. The minimum absolute atomic E-state index is 0. The molecule has 0 aliphatic carbocycles. The van der Waals surface area contributed by atoms with Crippen LogP contribution in [0.5, 0.6) is 0 Å². The summed E-state index contributed by atoms with van der Waals surface area (Å²) in [5.41, 5.74) is 6.00. The van der Waals surface area contributed by atoms with Gasteiger partial charge in [0.1, 0.15) is 11.4 Å². The fourth-order valence-corrected chi connectivity index (χ4v) is 3.84. The van der Waals surface area contributed by atoms with Crippen molar-refractivity contribution in [2.45, 2.75) is 23.2 Å². The lowest BCUT2D eigenvalue weighted by Gasteiger charge is -2.46. The van der Waals surface area contributed by atoms with Crippen LogP contribution in [0, 0.1) is 0 Å². The van der Waals surface area contributed by atoms with Gasteiger partial charge in [-0.05, 0) is 0 Å². The van der Waals surface area contributed by atoms with Crippen molar-refractivity contribution in [2.24, 2.45) is 5.73 Å². The number of thioether (sulfide) groups is 1. The number of pyridine rings is 1. The van der Waals surface area contributed by atoms with E-state index in [4.69, 9.17) is 5.73 Å². The van der Waals surface area contributed by atoms with E-state index < -0.39 is 12.0 Å². The molecule has 5 N–H and O–H groups in total. The Hall–Kier alpha value is -1.61. The third-order valence-electron chi connectivity index (χ3n) is 3.45. The van der Waals surface area contributed by atoms with Gasteiger partial charge >= 0.3 is 5.97 Å². The molecule has 1 fully saturated rings. The molecule has 1 aromatic rings. The number of halogens is 1. The smallest absolute Gasteiger partial charge is 0.334 e. The van der Waals surface area contributed by atoms with Crippen molar-refractivity contribution in [1.29, 1.82) is 0 Å². The van der Waals surface area contributed by atoms with Gasteiger partial charge in [-0.15, -0.1) is 24.2 Å². The maximum Gasteiger partial charge on any atom is 0.334 e. The summed E-state index contributed by atoms with van der Waals surface area (Å²) in [5, 5.41) is 8.93. The van der Waals surface area contributed by atoms with Gasteiger partial charge in [-0.1, -0.05) is 6.07 Å². The number of β-lactam (4-membered cyclic amide) rings is 1. The Bertz CT molecular complexity index is 598. The van der Waals surface area contributed by atoms with E-state index in [2.05, 4.69) is 0 Å². The van der Waals surface area contributed by atoms with E-state index in [9.17, 15) is 14.7 Å². The number of nitrogens with zero attached hydrogens (tertiary/aromatic N) is 2. The molecule has 1 saturated heterocycles. The van der Waals surface area contributed by atoms with Crippen LogP contribution in [0.1, 0.15) is 0 Å². The lowest BCUT2D eigenvalue weighted by Crippen LogP contribution is -2.67. The van der Waals surface area contributed by atoms with E-state index in [0.717, 1.165) is 0 Å². The highest BCUT2D eigenvalue weighted by Crippen LogP contribution is 2.39. The summed E-state index contributed by atoms with van der Waals surface area (Å²) in [7, 11) is 0. The molecule has 0 saturated carbocycles. The van der Waals surface area contributed by atoms with E-state index in [1.54, 1.807) is 0 Å². The van der Waals surface area contributed by atoms with Crippen molar-refractivity contribution in [3.05, 3.63) is 42.4 Å². The Morgan fingerprint density at radius 3 is 2.59 bits per heavy atom. The first kappa shape index (κ1) is 18.4. The highest BCUT2D eigenvalue weighted by Gasteiger charge is 2.50. The highest BCUT2D eigenvalue weighted by atomic mass is 35.5. The number of carbonyl (C=O) groups excluding carboxylic acids is 1. The summed E-state index contributed by atoms with van der Waals surface area (Å²) in [4.78, 5) is 24.4. The second-order valence-corrected chi connectivity index (χ2v) is 6.07. The van der Waals surface area contributed by atoms with Crippen molar-refractivity contribution in [1.82, 2.24) is 4.90 Å². The quantitative estimate of drug-likeness (QED) is 0.546. The molecule has 0 spiro atoms. The van der Waals surface area contributed by atoms with Crippen LogP contribution < -0.4 is 10.3 Å². The van der Waals surface area contributed by atoms with Crippen LogP contribution in [-0.2, 0) is 16.1 Å². The summed E-state index contributed by atoms with van der Waals surface area (Å²) in [6.07, 6.45) is 5.21. The van der Waals surface area contributed by atoms with Gasteiger partial charge in [0, 0.05) is 18.3 Å². The molecule has 22 heavy (non-hydrogen) atoms. The SMILES string of the molecule is Cl.N[C@@H]1C(=O)N2C=C(C(=O)O)C(C[n+]3ccccc3)S[C@H]12.O. The van der Waals surface area contributed by atoms with Gasteiger partial charge in [-0.3, -0.25) is 4.79 Å². The molecule has 120 valence electrons. The molecular weight excluding hydrogens is 330 g/mol. The third kappa shape index (κ3) is 3.09. The number of aromatic nitrogens is 1. The Morgan fingerprint density at radius 2 is 2.00 bits per heavy atom. The molecule has 2 aliphatic rings. The molecule has 9 heteroatoms. The Morgan fingerprint density at radius 1 is 1.36 bits per heavy atom. The number of fused-ring (bicyclic) bond motifs is 1. The minimum atomic E-state index is -0.995. The third-order valence-corrected chi connectivity index (χ3v) is 4.98. The second-order valence-electron chi connectivity index (χ2n) is 4.75. The van der Waals surface area contributed by atoms with Crippen molar-refractivity contribution >= 4 is 36.0 Å². The fourth-order valence-electron chi connectivity index (χ4n) is 2.35. The summed E-state index contributed by atoms with van der Waals surface area (Å²) in [5.74, 6) is -1.21. The molecule has 0 bridgehead atoms. The molecule has 1 aromatic heterocycles. The Labute approximate surface area is 137 Å². The van der Waals surface area contributed by atoms with Crippen molar-refractivity contribution < 1.29 is 24.7 Å². The minimum Gasteiger partial charge on any atom is -0.478 e. The first-order valence-corrected chi connectivity index (χ1v) is 7.14. The van der Waals surface area contributed by atoms with E-state index in [1.165, 1.54) is 22.9 Å². The fraction of sp³-hybridized carbons (Fsp3) is 0.308. The molecule has 7 nitrogen and oxygen atoms in total. The van der Waals surface area contributed by atoms with Crippen LogP contribution in [-0.4, -0.2) is 44.0 Å². The average Bonchev–Trinajstić information content (AvgIpc) is 2.46. The van der Waals surface area contributed by atoms with Gasteiger partial charge in [0.05, 0.1) is 10.8 Å². The molecule has 0 radical (unpaired) electrons. The molecular formula is C13H17ClN3O4S+. The van der Waals surface area contributed by atoms with Crippen LogP contribution in [0.3, 0.4) is 0 Å². The van der Waals surface area contributed by atoms with Crippen LogP contribution in [0.4, 0.5) is 0 Å². The number of hydrogen-bond donors (Lipinski definition) is 2. The lowest BCUT2D eigenvalue weighted by atomic mass is 10.1. The number of hydrogen-bond acceptors (Lipinski definition) is 4. The molecule has 3 rings (SSSR count). The topological polar surface area (TPSA) is 119 Å². The number of carboxylic acid groups (broad SMARTS) is 1. The number of rotatable bonds is 3. The molecule has 2 aliphatic heterocycles. The second kappa shape index (κ2) is 7.10. The van der Waals surface area contributed by atoms with Gasteiger partial charge in [0.15, 0.2) is 18.9 Å². The monoisotopic (exact) mass is 346 g/mol. The van der Waals surface area contributed by atoms with E-state index >= 15 is 0 Å². The maximum absolute atomic E-state index is 11.6.